The predicted molar refractivity (Wildman–Crippen MR) is 99.1 cm³/mol. The van der Waals surface area contributed by atoms with Crippen LogP contribution in [0.15, 0.2) is 0 Å². The third-order valence-corrected chi connectivity index (χ3v) is 4.22. The first-order valence-electron chi connectivity index (χ1n) is 9.90. The van der Waals surface area contributed by atoms with Gasteiger partial charge >= 0.3 is 5.97 Å². The van der Waals surface area contributed by atoms with Crippen LogP contribution in [0.1, 0.15) is 90.4 Å². The molecule has 0 unspecified atom stereocenters. The van der Waals surface area contributed by atoms with E-state index in [-0.39, 0.29) is 0 Å². The molecular weight excluding hydrogens is 288 g/mol. The van der Waals surface area contributed by atoms with Gasteiger partial charge < -0.3 is 15.7 Å². The zero-order valence-corrected chi connectivity index (χ0v) is 15.4. The van der Waals surface area contributed by atoms with Gasteiger partial charge in [0.1, 0.15) is 0 Å². The number of unbranched alkanes of at least 4 members (excludes halogenated alkanes) is 11. The normalized spacial score (nSPS) is 11.0. The first-order valence-corrected chi connectivity index (χ1v) is 9.90. The van der Waals surface area contributed by atoms with Crippen LogP contribution in [0, 0.1) is 0 Å². The molecule has 0 heterocycles. The van der Waals surface area contributed by atoms with E-state index >= 15 is 0 Å². The summed E-state index contributed by atoms with van der Waals surface area (Å²) >= 11 is 0. The fourth-order valence-electron chi connectivity index (χ4n) is 2.77. The number of carboxylic acid groups (broad SMARTS) is 1. The van der Waals surface area contributed by atoms with E-state index in [1.54, 1.807) is 0 Å². The van der Waals surface area contributed by atoms with Crippen LogP contribution in [0.5, 0.6) is 0 Å². The van der Waals surface area contributed by atoms with Crippen LogP contribution < -0.4 is 10.6 Å². The molecule has 138 valence electrons. The average molecular weight is 329 g/mol. The molecule has 0 spiro atoms. The molecule has 0 aromatic heterocycles. The molecule has 4 heteroatoms. The van der Waals surface area contributed by atoms with Gasteiger partial charge in [0, 0.05) is 19.5 Å². The molecule has 0 aromatic carbocycles. The molecule has 0 fully saturated rings. The number of hydrogen-bond acceptors (Lipinski definition) is 3. The average Bonchev–Trinajstić information content (AvgIpc) is 2.53. The second kappa shape index (κ2) is 19.4. The van der Waals surface area contributed by atoms with Gasteiger partial charge in [-0.25, -0.2) is 0 Å². The summed E-state index contributed by atoms with van der Waals surface area (Å²) in [4.78, 5) is 10.4. The van der Waals surface area contributed by atoms with Crippen molar-refractivity contribution in [3.63, 3.8) is 0 Å². The Kier molecular flexibility index (Phi) is 18.9. The molecule has 23 heavy (non-hydrogen) atoms. The number of nitrogens with one attached hydrogen (secondary N) is 2. The Bertz CT molecular complexity index is 248. The highest BCUT2D eigenvalue weighted by molar-refractivity contribution is 5.66. The van der Waals surface area contributed by atoms with Crippen molar-refractivity contribution in [2.75, 3.05) is 26.2 Å². The van der Waals surface area contributed by atoms with Gasteiger partial charge in [0.05, 0.1) is 0 Å². The smallest absolute Gasteiger partial charge is 0.303 e. The molecule has 0 aliphatic heterocycles. The van der Waals surface area contributed by atoms with Crippen LogP contribution >= 0.6 is 0 Å². The summed E-state index contributed by atoms with van der Waals surface area (Å²) in [5, 5.41) is 15.3. The maximum Gasteiger partial charge on any atom is 0.303 e. The quantitative estimate of drug-likeness (QED) is 0.309. The van der Waals surface area contributed by atoms with Crippen molar-refractivity contribution in [3.05, 3.63) is 0 Å². The number of aliphatic carboxylic acids is 1. The topological polar surface area (TPSA) is 61.4 Å². The van der Waals surface area contributed by atoms with Crippen LogP contribution in [0.2, 0.25) is 0 Å². The summed E-state index contributed by atoms with van der Waals surface area (Å²) in [7, 11) is 0. The van der Waals surface area contributed by atoms with Crippen molar-refractivity contribution < 1.29 is 9.90 Å². The Hall–Kier alpha value is -0.610. The molecule has 0 saturated carbocycles. The van der Waals surface area contributed by atoms with E-state index in [2.05, 4.69) is 17.6 Å². The molecule has 0 radical (unpaired) electrons. The second-order valence-corrected chi connectivity index (χ2v) is 6.49. The largest absolute Gasteiger partial charge is 0.481 e. The van der Waals surface area contributed by atoms with Crippen LogP contribution in [-0.2, 0) is 4.79 Å². The lowest BCUT2D eigenvalue weighted by Gasteiger charge is -2.05. The predicted octanol–water partition coefficient (Wildman–Crippen LogP) is 4.34. The molecule has 0 rings (SSSR count). The minimum atomic E-state index is -0.658. The van der Waals surface area contributed by atoms with Gasteiger partial charge in [-0.05, 0) is 25.9 Å². The van der Waals surface area contributed by atoms with E-state index in [1.165, 1.54) is 64.2 Å². The standard InChI is InChI=1S/C19H40N2O2/c1-2-20-17-18-21-16-14-12-10-8-6-4-3-5-7-9-11-13-15-19(22)23/h20-21H,2-18H2,1H3,(H,22,23). The Labute approximate surface area is 143 Å². The van der Waals surface area contributed by atoms with Gasteiger partial charge in [-0.2, -0.15) is 0 Å². The third-order valence-electron chi connectivity index (χ3n) is 4.22. The molecular formula is C19H40N2O2. The highest BCUT2D eigenvalue weighted by Gasteiger charge is 1.97. The van der Waals surface area contributed by atoms with Crippen LogP contribution in [-0.4, -0.2) is 37.3 Å². The molecule has 0 amide bonds. The Balaban J connectivity index is 2.96. The molecule has 4 nitrogen and oxygen atoms in total. The van der Waals surface area contributed by atoms with Crippen molar-refractivity contribution in [2.45, 2.75) is 90.4 Å². The molecule has 0 atom stereocenters. The third kappa shape index (κ3) is 21.4. The van der Waals surface area contributed by atoms with E-state index < -0.39 is 5.97 Å². The summed E-state index contributed by atoms with van der Waals surface area (Å²) < 4.78 is 0. The molecule has 0 aliphatic rings. The maximum absolute atomic E-state index is 10.4. The summed E-state index contributed by atoms with van der Waals surface area (Å²) in [5.41, 5.74) is 0. The lowest BCUT2D eigenvalue weighted by Crippen LogP contribution is -2.27. The van der Waals surface area contributed by atoms with Crippen LogP contribution in [0.4, 0.5) is 0 Å². The van der Waals surface area contributed by atoms with Gasteiger partial charge in [0.25, 0.3) is 0 Å². The van der Waals surface area contributed by atoms with Crippen molar-refractivity contribution in [3.8, 4) is 0 Å². The highest BCUT2D eigenvalue weighted by Crippen LogP contribution is 2.12. The lowest BCUT2D eigenvalue weighted by molar-refractivity contribution is -0.137. The monoisotopic (exact) mass is 328 g/mol. The zero-order valence-electron chi connectivity index (χ0n) is 15.4. The minimum absolute atomic E-state index is 0.338. The zero-order chi connectivity index (χ0) is 17.0. The first kappa shape index (κ1) is 22.4. The molecule has 3 N–H and O–H groups in total. The van der Waals surface area contributed by atoms with Crippen molar-refractivity contribution >= 4 is 5.97 Å². The van der Waals surface area contributed by atoms with E-state index in [4.69, 9.17) is 5.11 Å². The Morgan fingerprint density at radius 2 is 1.09 bits per heavy atom. The summed E-state index contributed by atoms with van der Waals surface area (Å²) in [6.07, 6.45) is 15.6. The maximum atomic E-state index is 10.4. The first-order chi connectivity index (χ1) is 11.3. The number of hydrogen-bond donors (Lipinski definition) is 3. The number of carboxylic acids is 1. The van der Waals surface area contributed by atoms with Gasteiger partial charge in [-0.1, -0.05) is 71.1 Å². The second-order valence-electron chi connectivity index (χ2n) is 6.49. The summed E-state index contributed by atoms with van der Waals surface area (Å²) in [6.45, 7) is 6.53. The minimum Gasteiger partial charge on any atom is -0.481 e. The fourth-order valence-corrected chi connectivity index (χ4v) is 2.77. The van der Waals surface area contributed by atoms with E-state index in [0.717, 1.165) is 39.0 Å². The van der Waals surface area contributed by atoms with Gasteiger partial charge in [0.2, 0.25) is 0 Å². The Morgan fingerprint density at radius 3 is 1.57 bits per heavy atom. The summed E-state index contributed by atoms with van der Waals surface area (Å²) in [5.74, 6) is -0.658. The van der Waals surface area contributed by atoms with Crippen molar-refractivity contribution in [1.29, 1.82) is 0 Å². The van der Waals surface area contributed by atoms with E-state index in [0.29, 0.717) is 6.42 Å². The van der Waals surface area contributed by atoms with Gasteiger partial charge in [-0.15, -0.1) is 0 Å². The van der Waals surface area contributed by atoms with E-state index in [1.807, 2.05) is 0 Å². The van der Waals surface area contributed by atoms with Gasteiger partial charge in [0.15, 0.2) is 0 Å². The highest BCUT2D eigenvalue weighted by atomic mass is 16.4. The molecule has 0 saturated heterocycles. The SMILES string of the molecule is CCNCCNCCCCCCCCCCCCCCC(=O)O. The molecule has 0 aliphatic carbocycles. The number of likely N-dealkylation sites (N-methyl/N-ethyl adjacent to an activating group) is 1. The summed E-state index contributed by atoms with van der Waals surface area (Å²) in [6, 6.07) is 0. The van der Waals surface area contributed by atoms with Crippen LogP contribution in [0.25, 0.3) is 0 Å². The molecule has 0 bridgehead atoms. The number of rotatable bonds is 19. The number of carbonyl (C=O) groups is 1. The molecule has 0 aromatic rings. The van der Waals surface area contributed by atoms with Gasteiger partial charge in [-0.3, -0.25) is 4.79 Å². The van der Waals surface area contributed by atoms with E-state index in [9.17, 15) is 4.79 Å². The van der Waals surface area contributed by atoms with Crippen LogP contribution in [0.3, 0.4) is 0 Å². The van der Waals surface area contributed by atoms with Crippen molar-refractivity contribution in [2.24, 2.45) is 0 Å². The lowest BCUT2D eigenvalue weighted by atomic mass is 10.0. The Morgan fingerprint density at radius 1 is 0.652 bits per heavy atom. The fraction of sp³-hybridized carbons (Fsp3) is 0.947. The van der Waals surface area contributed by atoms with Crippen molar-refractivity contribution in [1.82, 2.24) is 10.6 Å².